The van der Waals surface area contributed by atoms with Gasteiger partial charge in [0.15, 0.2) is 0 Å². The van der Waals surface area contributed by atoms with E-state index in [9.17, 15) is 9.90 Å². The quantitative estimate of drug-likeness (QED) is 0.845. The number of hydrogen-bond acceptors (Lipinski definition) is 2. The van der Waals surface area contributed by atoms with Crippen LogP contribution in [-0.4, -0.2) is 22.1 Å². The number of aliphatic carboxylic acids is 1. The van der Waals surface area contributed by atoms with Gasteiger partial charge in [-0.25, -0.2) is 0 Å². The number of carbonyl (C=O) groups is 1. The molecule has 1 unspecified atom stereocenters. The van der Waals surface area contributed by atoms with Crippen LogP contribution >= 0.6 is 11.8 Å². The predicted octanol–water partition coefficient (Wildman–Crippen LogP) is 3.66. The van der Waals surface area contributed by atoms with Gasteiger partial charge in [0.05, 0.1) is 0 Å². The van der Waals surface area contributed by atoms with Crippen molar-refractivity contribution in [1.29, 1.82) is 0 Å². The van der Waals surface area contributed by atoms with Crippen molar-refractivity contribution in [2.75, 3.05) is 6.26 Å². The second-order valence-electron chi connectivity index (χ2n) is 7.04. The van der Waals surface area contributed by atoms with Crippen LogP contribution in [0.5, 0.6) is 0 Å². The molecule has 0 radical (unpaired) electrons. The molecular formula is C15H24O2S. The van der Waals surface area contributed by atoms with E-state index in [0.717, 1.165) is 30.1 Å². The second kappa shape index (κ2) is 4.43. The maximum Gasteiger partial charge on any atom is 0.319 e. The van der Waals surface area contributed by atoms with E-state index in [1.807, 2.05) is 13.2 Å². The van der Waals surface area contributed by atoms with Crippen LogP contribution < -0.4 is 0 Å². The molecule has 0 aromatic heterocycles. The lowest BCUT2D eigenvalue weighted by Gasteiger charge is -2.55. The molecule has 1 atom stereocenters. The maximum atomic E-state index is 11.5. The molecule has 4 rings (SSSR count). The number of carboxylic acid groups (broad SMARTS) is 1. The summed E-state index contributed by atoms with van der Waals surface area (Å²) >= 11 is 1.53. The van der Waals surface area contributed by atoms with E-state index in [2.05, 4.69) is 0 Å². The molecular weight excluding hydrogens is 244 g/mol. The molecule has 3 heteroatoms. The van der Waals surface area contributed by atoms with Crippen LogP contribution in [0.3, 0.4) is 0 Å². The Balaban J connectivity index is 1.75. The van der Waals surface area contributed by atoms with Gasteiger partial charge in [0.1, 0.15) is 4.75 Å². The first-order chi connectivity index (χ1) is 8.51. The molecule has 0 heterocycles. The Labute approximate surface area is 114 Å². The number of rotatable bonds is 4. The standard InChI is InChI=1S/C15H24O2S/c1-15(18-2,14(16)17)8-13-11-4-9-3-10(6-11)7-12(13)5-9/h9-13H,3-8H2,1-2H3,(H,16,17). The summed E-state index contributed by atoms with van der Waals surface area (Å²) in [6.45, 7) is 1.92. The van der Waals surface area contributed by atoms with E-state index in [1.54, 1.807) is 0 Å². The number of carboxylic acids is 1. The summed E-state index contributed by atoms with van der Waals surface area (Å²) in [5.41, 5.74) is 0. The van der Waals surface area contributed by atoms with Crippen molar-refractivity contribution in [3.63, 3.8) is 0 Å². The van der Waals surface area contributed by atoms with Crippen molar-refractivity contribution in [2.24, 2.45) is 29.6 Å². The highest BCUT2D eigenvalue weighted by Crippen LogP contribution is 2.58. The first kappa shape index (κ1) is 12.8. The molecule has 4 saturated carbocycles. The molecule has 0 aliphatic heterocycles. The number of hydrogen-bond donors (Lipinski definition) is 1. The fourth-order valence-corrected chi connectivity index (χ4v) is 5.61. The van der Waals surface area contributed by atoms with E-state index in [0.29, 0.717) is 5.92 Å². The first-order valence-electron chi connectivity index (χ1n) is 7.30. The SMILES string of the molecule is CSC(C)(CC1C2CC3CC(C2)CC1C3)C(=O)O. The topological polar surface area (TPSA) is 37.3 Å². The van der Waals surface area contributed by atoms with Gasteiger partial charge in [0.2, 0.25) is 0 Å². The Bertz CT molecular complexity index is 326. The summed E-state index contributed by atoms with van der Waals surface area (Å²) in [5.74, 6) is 3.71. The third kappa shape index (κ3) is 1.99. The summed E-state index contributed by atoms with van der Waals surface area (Å²) in [6, 6.07) is 0. The molecule has 0 spiro atoms. The van der Waals surface area contributed by atoms with Crippen molar-refractivity contribution in [2.45, 2.75) is 50.2 Å². The Morgan fingerprint density at radius 3 is 2.06 bits per heavy atom. The molecule has 4 aliphatic carbocycles. The van der Waals surface area contributed by atoms with Crippen LogP contribution in [0.1, 0.15) is 45.4 Å². The molecule has 18 heavy (non-hydrogen) atoms. The predicted molar refractivity (Wildman–Crippen MR) is 74.7 cm³/mol. The minimum Gasteiger partial charge on any atom is -0.480 e. The average Bonchev–Trinajstić information content (AvgIpc) is 2.32. The fourth-order valence-electron chi connectivity index (χ4n) is 5.08. The molecule has 4 bridgehead atoms. The zero-order valence-electron chi connectivity index (χ0n) is 11.4. The molecule has 0 amide bonds. The molecule has 1 N–H and O–H groups in total. The molecule has 0 saturated heterocycles. The van der Waals surface area contributed by atoms with Gasteiger partial charge in [-0.15, -0.1) is 11.8 Å². The zero-order valence-corrected chi connectivity index (χ0v) is 12.2. The Morgan fingerprint density at radius 1 is 1.17 bits per heavy atom. The van der Waals surface area contributed by atoms with Crippen molar-refractivity contribution < 1.29 is 9.90 Å². The monoisotopic (exact) mass is 268 g/mol. The second-order valence-corrected chi connectivity index (χ2v) is 8.35. The molecule has 2 nitrogen and oxygen atoms in total. The first-order valence-corrected chi connectivity index (χ1v) is 8.53. The van der Waals surface area contributed by atoms with Gasteiger partial charge in [-0.05, 0) is 81.3 Å². The summed E-state index contributed by atoms with van der Waals surface area (Å²) in [4.78, 5) is 11.5. The Hall–Kier alpha value is -0.180. The molecule has 0 aromatic rings. The van der Waals surface area contributed by atoms with Crippen molar-refractivity contribution in [1.82, 2.24) is 0 Å². The third-order valence-electron chi connectivity index (χ3n) is 5.95. The minimum atomic E-state index is -0.621. The Kier molecular flexibility index (Phi) is 3.16. The highest BCUT2D eigenvalue weighted by molar-refractivity contribution is 8.00. The van der Waals surface area contributed by atoms with E-state index >= 15 is 0 Å². The highest BCUT2D eigenvalue weighted by Gasteiger charge is 2.50. The van der Waals surface area contributed by atoms with Gasteiger partial charge >= 0.3 is 5.97 Å². The lowest BCUT2D eigenvalue weighted by atomic mass is 9.51. The largest absolute Gasteiger partial charge is 0.480 e. The van der Waals surface area contributed by atoms with Crippen LogP contribution in [0.25, 0.3) is 0 Å². The van der Waals surface area contributed by atoms with Crippen LogP contribution in [0, 0.1) is 29.6 Å². The lowest BCUT2D eigenvalue weighted by Crippen LogP contribution is -2.48. The molecule has 4 aliphatic rings. The maximum absolute atomic E-state index is 11.5. The van der Waals surface area contributed by atoms with Gasteiger partial charge < -0.3 is 5.11 Å². The zero-order chi connectivity index (χ0) is 12.9. The van der Waals surface area contributed by atoms with E-state index in [4.69, 9.17) is 0 Å². The van der Waals surface area contributed by atoms with Gasteiger partial charge in [-0.2, -0.15) is 0 Å². The summed E-state index contributed by atoms with van der Waals surface area (Å²) in [7, 11) is 0. The van der Waals surface area contributed by atoms with Crippen LogP contribution in [0.4, 0.5) is 0 Å². The van der Waals surface area contributed by atoms with E-state index < -0.39 is 10.7 Å². The normalized spacial score (nSPS) is 44.9. The highest BCUT2D eigenvalue weighted by atomic mass is 32.2. The summed E-state index contributed by atoms with van der Waals surface area (Å²) in [6.07, 6.45) is 9.87. The molecule has 0 aromatic carbocycles. The average molecular weight is 268 g/mol. The third-order valence-corrected chi connectivity index (χ3v) is 7.19. The fraction of sp³-hybridized carbons (Fsp3) is 0.933. The van der Waals surface area contributed by atoms with Crippen molar-refractivity contribution >= 4 is 17.7 Å². The lowest BCUT2D eigenvalue weighted by molar-refractivity contribution is -0.141. The van der Waals surface area contributed by atoms with Crippen molar-refractivity contribution in [3.8, 4) is 0 Å². The van der Waals surface area contributed by atoms with Gasteiger partial charge in [0.25, 0.3) is 0 Å². The van der Waals surface area contributed by atoms with Gasteiger partial charge in [-0.1, -0.05) is 0 Å². The smallest absolute Gasteiger partial charge is 0.319 e. The summed E-state index contributed by atoms with van der Waals surface area (Å²) < 4.78 is -0.569. The summed E-state index contributed by atoms with van der Waals surface area (Å²) in [5, 5.41) is 9.47. The van der Waals surface area contributed by atoms with Gasteiger partial charge in [-0.3, -0.25) is 4.79 Å². The Morgan fingerprint density at radius 2 is 1.67 bits per heavy atom. The molecule has 4 fully saturated rings. The molecule has 102 valence electrons. The van der Waals surface area contributed by atoms with Crippen LogP contribution in [-0.2, 0) is 4.79 Å². The van der Waals surface area contributed by atoms with Crippen LogP contribution in [0.2, 0.25) is 0 Å². The number of thioether (sulfide) groups is 1. The van der Waals surface area contributed by atoms with Crippen LogP contribution in [0.15, 0.2) is 0 Å². The van der Waals surface area contributed by atoms with E-state index in [-0.39, 0.29) is 0 Å². The van der Waals surface area contributed by atoms with E-state index in [1.165, 1.54) is 43.9 Å². The minimum absolute atomic E-state index is 0.569. The van der Waals surface area contributed by atoms with Crippen molar-refractivity contribution in [3.05, 3.63) is 0 Å². The van der Waals surface area contributed by atoms with Gasteiger partial charge in [0, 0.05) is 0 Å².